The first-order chi connectivity index (χ1) is 7.74. The van der Waals surface area contributed by atoms with Gasteiger partial charge in [0.15, 0.2) is 5.82 Å². The largest absolute Gasteiger partial charge is 0.378 e. The van der Waals surface area contributed by atoms with Gasteiger partial charge in [0.05, 0.1) is 12.5 Å². The minimum absolute atomic E-state index is 0.0293. The number of nitrogens with zero attached hydrogens (tertiary/aromatic N) is 1. The van der Waals surface area contributed by atoms with Gasteiger partial charge in [0, 0.05) is 18.4 Å². The van der Waals surface area contributed by atoms with Crippen molar-refractivity contribution in [3.63, 3.8) is 0 Å². The Bertz CT molecular complexity index is 356. The van der Waals surface area contributed by atoms with E-state index in [1.54, 1.807) is 6.07 Å². The Morgan fingerprint density at radius 2 is 2.56 bits per heavy atom. The van der Waals surface area contributed by atoms with Crippen molar-refractivity contribution >= 4 is 11.7 Å². The van der Waals surface area contributed by atoms with Crippen LogP contribution in [0, 0.1) is 6.92 Å². The maximum Gasteiger partial charge on any atom is 0.228 e. The SMILES string of the molecule is Cc1cc(NC(=O)CC2CCCCO2)n[nH]1. The first-order valence-electron chi connectivity index (χ1n) is 5.67. The number of nitrogens with one attached hydrogen (secondary N) is 2. The van der Waals surface area contributed by atoms with Crippen molar-refractivity contribution in [2.24, 2.45) is 0 Å². The first-order valence-corrected chi connectivity index (χ1v) is 5.67. The molecule has 88 valence electrons. The summed E-state index contributed by atoms with van der Waals surface area (Å²) in [4.78, 5) is 11.6. The molecule has 0 spiro atoms. The van der Waals surface area contributed by atoms with Gasteiger partial charge in [-0.2, -0.15) is 5.10 Å². The number of carbonyl (C=O) groups excluding carboxylic acids is 1. The molecule has 0 bridgehead atoms. The van der Waals surface area contributed by atoms with Crippen LogP contribution in [-0.4, -0.2) is 28.8 Å². The van der Waals surface area contributed by atoms with Gasteiger partial charge in [-0.05, 0) is 26.2 Å². The van der Waals surface area contributed by atoms with Crippen molar-refractivity contribution < 1.29 is 9.53 Å². The Labute approximate surface area is 94.6 Å². The number of H-pyrrole nitrogens is 1. The molecule has 0 aliphatic carbocycles. The molecule has 16 heavy (non-hydrogen) atoms. The lowest BCUT2D eigenvalue weighted by atomic mass is 10.1. The summed E-state index contributed by atoms with van der Waals surface area (Å²) in [5.74, 6) is 0.553. The number of aromatic amines is 1. The fraction of sp³-hybridized carbons (Fsp3) is 0.636. The van der Waals surface area contributed by atoms with E-state index in [-0.39, 0.29) is 12.0 Å². The molecule has 0 aromatic carbocycles. The number of hydrogen-bond acceptors (Lipinski definition) is 3. The summed E-state index contributed by atoms with van der Waals surface area (Å²) in [6.45, 7) is 2.67. The lowest BCUT2D eigenvalue weighted by molar-refractivity contribution is -0.119. The molecule has 5 nitrogen and oxygen atoms in total. The van der Waals surface area contributed by atoms with Crippen molar-refractivity contribution in [2.45, 2.75) is 38.7 Å². The van der Waals surface area contributed by atoms with Crippen LogP contribution in [0.3, 0.4) is 0 Å². The Morgan fingerprint density at radius 1 is 1.69 bits per heavy atom. The Hall–Kier alpha value is -1.36. The van der Waals surface area contributed by atoms with Gasteiger partial charge in [-0.25, -0.2) is 0 Å². The lowest BCUT2D eigenvalue weighted by Gasteiger charge is -2.21. The summed E-state index contributed by atoms with van der Waals surface area (Å²) in [5.41, 5.74) is 0.934. The number of amides is 1. The van der Waals surface area contributed by atoms with Crippen LogP contribution in [-0.2, 0) is 9.53 Å². The normalized spacial score (nSPS) is 20.7. The van der Waals surface area contributed by atoms with Crippen LogP contribution in [0.4, 0.5) is 5.82 Å². The topological polar surface area (TPSA) is 67.0 Å². The highest BCUT2D eigenvalue weighted by atomic mass is 16.5. The van der Waals surface area contributed by atoms with E-state index in [0.29, 0.717) is 12.2 Å². The highest BCUT2D eigenvalue weighted by molar-refractivity contribution is 5.90. The molecule has 1 aliphatic heterocycles. The van der Waals surface area contributed by atoms with Gasteiger partial charge < -0.3 is 10.1 Å². The van der Waals surface area contributed by atoms with E-state index >= 15 is 0 Å². The quantitative estimate of drug-likeness (QED) is 0.818. The Kier molecular flexibility index (Phi) is 3.56. The van der Waals surface area contributed by atoms with Crippen LogP contribution in [0.25, 0.3) is 0 Å². The number of aryl methyl sites for hydroxylation is 1. The zero-order valence-corrected chi connectivity index (χ0v) is 9.45. The highest BCUT2D eigenvalue weighted by Gasteiger charge is 2.17. The third kappa shape index (κ3) is 3.06. The second-order valence-electron chi connectivity index (χ2n) is 4.18. The van der Waals surface area contributed by atoms with Crippen LogP contribution >= 0.6 is 0 Å². The average Bonchev–Trinajstić information content (AvgIpc) is 2.65. The predicted molar refractivity (Wildman–Crippen MR) is 60.2 cm³/mol. The number of rotatable bonds is 3. The van der Waals surface area contributed by atoms with E-state index in [0.717, 1.165) is 31.6 Å². The molecule has 1 aromatic heterocycles. The molecule has 1 aromatic rings. The van der Waals surface area contributed by atoms with Gasteiger partial charge in [0.25, 0.3) is 0 Å². The van der Waals surface area contributed by atoms with Crippen molar-refractivity contribution in [3.8, 4) is 0 Å². The number of ether oxygens (including phenoxy) is 1. The molecule has 0 radical (unpaired) electrons. The highest BCUT2D eigenvalue weighted by Crippen LogP contribution is 2.16. The second-order valence-corrected chi connectivity index (χ2v) is 4.18. The summed E-state index contributed by atoms with van der Waals surface area (Å²) in [7, 11) is 0. The molecule has 1 atom stereocenters. The zero-order valence-electron chi connectivity index (χ0n) is 9.45. The summed E-state index contributed by atoms with van der Waals surface area (Å²) in [6.07, 6.45) is 3.74. The smallest absolute Gasteiger partial charge is 0.228 e. The van der Waals surface area contributed by atoms with Gasteiger partial charge in [-0.1, -0.05) is 0 Å². The minimum Gasteiger partial charge on any atom is -0.378 e. The Balaban J connectivity index is 1.79. The molecule has 5 heteroatoms. The molecule has 2 N–H and O–H groups in total. The molecule has 1 aliphatic rings. The summed E-state index contributed by atoms with van der Waals surface area (Å²) in [6, 6.07) is 1.81. The second kappa shape index (κ2) is 5.12. The maximum atomic E-state index is 11.6. The monoisotopic (exact) mass is 223 g/mol. The molecule has 2 heterocycles. The van der Waals surface area contributed by atoms with Gasteiger partial charge in [0.2, 0.25) is 5.91 Å². The molecular formula is C11H17N3O2. The summed E-state index contributed by atoms with van der Waals surface area (Å²) in [5, 5.41) is 9.48. The molecular weight excluding hydrogens is 206 g/mol. The zero-order chi connectivity index (χ0) is 11.4. The molecule has 1 unspecified atom stereocenters. The number of aromatic nitrogens is 2. The van der Waals surface area contributed by atoms with Gasteiger partial charge >= 0.3 is 0 Å². The van der Waals surface area contributed by atoms with Crippen molar-refractivity contribution in [1.29, 1.82) is 0 Å². The number of carbonyl (C=O) groups is 1. The van der Waals surface area contributed by atoms with E-state index in [1.807, 2.05) is 6.92 Å². The van der Waals surface area contributed by atoms with E-state index < -0.39 is 0 Å². The van der Waals surface area contributed by atoms with Gasteiger partial charge in [-0.3, -0.25) is 9.89 Å². The summed E-state index contributed by atoms with van der Waals surface area (Å²) < 4.78 is 5.50. The maximum absolute atomic E-state index is 11.6. The Morgan fingerprint density at radius 3 is 3.19 bits per heavy atom. The van der Waals surface area contributed by atoms with E-state index in [2.05, 4.69) is 15.5 Å². The number of hydrogen-bond donors (Lipinski definition) is 2. The fourth-order valence-corrected chi connectivity index (χ4v) is 1.85. The predicted octanol–water partition coefficient (Wildman–Crippen LogP) is 1.62. The van der Waals surface area contributed by atoms with Crippen LogP contribution < -0.4 is 5.32 Å². The van der Waals surface area contributed by atoms with E-state index in [1.165, 1.54) is 0 Å². The van der Waals surface area contributed by atoms with Crippen molar-refractivity contribution in [3.05, 3.63) is 11.8 Å². The molecule has 1 fully saturated rings. The van der Waals surface area contributed by atoms with Gasteiger partial charge in [-0.15, -0.1) is 0 Å². The van der Waals surface area contributed by atoms with Crippen LogP contribution in [0.1, 0.15) is 31.4 Å². The average molecular weight is 223 g/mol. The summed E-state index contributed by atoms with van der Waals surface area (Å²) >= 11 is 0. The third-order valence-corrected chi connectivity index (χ3v) is 2.66. The third-order valence-electron chi connectivity index (χ3n) is 2.66. The molecule has 1 amide bonds. The van der Waals surface area contributed by atoms with Crippen molar-refractivity contribution in [1.82, 2.24) is 10.2 Å². The molecule has 0 saturated carbocycles. The standard InChI is InChI=1S/C11H17N3O2/c1-8-6-10(14-13-8)12-11(15)7-9-4-2-3-5-16-9/h6,9H,2-5,7H2,1H3,(H2,12,13,14,15). The van der Waals surface area contributed by atoms with E-state index in [4.69, 9.17) is 4.74 Å². The van der Waals surface area contributed by atoms with Gasteiger partial charge in [0.1, 0.15) is 0 Å². The van der Waals surface area contributed by atoms with Crippen LogP contribution in [0.2, 0.25) is 0 Å². The van der Waals surface area contributed by atoms with Crippen molar-refractivity contribution in [2.75, 3.05) is 11.9 Å². The number of anilines is 1. The minimum atomic E-state index is -0.0293. The van der Waals surface area contributed by atoms with Crippen LogP contribution in [0.15, 0.2) is 6.07 Å². The molecule has 1 saturated heterocycles. The lowest BCUT2D eigenvalue weighted by Crippen LogP contribution is -2.25. The van der Waals surface area contributed by atoms with E-state index in [9.17, 15) is 4.79 Å². The fourth-order valence-electron chi connectivity index (χ4n) is 1.85. The van der Waals surface area contributed by atoms with Crippen LogP contribution in [0.5, 0.6) is 0 Å². The molecule has 2 rings (SSSR count). The first kappa shape index (κ1) is 11.1.